The monoisotopic (exact) mass is 337 g/mol. The fourth-order valence-corrected chi connectivity index (χ4v) is 3.35. The molecule has 0 aromatic carbocycles. The molecule has 22 heavy (non-hydrogen) atoms. The van der Waals surface area contributed by atoms with E-state index in [1.165, 1.54) is 0 Å². The molecule has 2 aromatic rings. The van der Waals surface area contributed by atoms with Gasteiger partial charge in [-0.1, -0.05) is 6.07 Å². The van der Waals surface area contributed by atoms with Crippen molar-refractivity contribution >= 4 is 34.5 Å². The Bertz CT molecular complexity index is 594. The Morgan fingerprint density at radius 1 is 1.18 bits per heavy atom. The summed E-state index contributed by atoms with van der Waals surface area (Å²) in [6.07, 6.45) is 0. The first-order chi connectivity index (χ1) is 10.6. The Morgan fingerprint density at radius 2 is 1.95 bits per heavy atom. The number of amides is 2. The topological polar surface area (TPSA) is 61.4 Å². The SMILES string of the molecule is CN(C)C(CNC(=O)C(=O)NCc1cccs1)c1ccsc1. The molecule has 2 N–H and O–H groups in total. The number of nitrogens with zero attached hydrogens (tertiary/aromatic N) is 1. The summed E-state index contributed by atoms with van der Waals surface area (Å²) in [4.78, 5) is 26.7. The highest BCUT2D eigenvalue weighted by Gasteiger charge is 2.18. The van der Waals surface area contributed by atoms with Gasteiger partial charge in [0.2, 0.25) is 0 Å². The van der Waals surface area contributed by atoms with Crippen molar-refractivity contribution in [2.45, 2.75) is 12.6 Å². The molecule has 0 spiro atoms. The second-order valence-electron chi connectivity index (χ2n) is 5.01. The molecule has 5 nitrogen and oxygen atoms in total. The zero-order chi connectivity index (χ0) is 15.9. The molecular weight excluding hydrogens is 318 g/mol. The predicted octanol–water partition coefficient (Wildman–Crippen LogP) is 1.84. The maximum Gasteiger partial charge on any atom is 0.309 e. The van der Waals surface area contributed by atoms with E-state index in [2.05, 4.69) is 10.6 Å². The van der Waals surface area contributed by atoms with Gasteiger partial charge in [-0.15, -0.1) is 11.3 Å². The first kappa shape index (κ1) is 16.7. The second kappa shape index (κ2) is 8.07. The van der Waals surface area contributed by atoms with E-state index in [0.717, 1.165) is 10.4 Å². The van der Waals surface area contributed by atoms with E-state index in [0.29, 0.717) is 13.1 Å². The van der Waals surface area contributed by atoms with Gasteiger partial charge in [0.25, 0.3) is 0 Å². The number of hydrogen-bond donors (Lipinski definition) is 2. The van der Waals surface area contributed by atoms with E-state index >= 15 is 0 Å². The molecule has 0 saturated carbocycles. The number of rotatable bonds is 6. The molecule has 2 rings (SSSR count). The van der Waals surface area contributed by atoms with Gasteiger partial charge in [0.15, 0.2) is 0 Å². The summed E-state index contributed by atoms with van der Waals surface area (Å²) in [5, 5.41) is 11.3. The molecule has 1 atom stereocenters. The van der Waals surface area contributed by atoms with Crippen molar-refractivity contribution in [2.75, 3.05) is 20.6 Å². The third-order valence-corrected chi connectivity index (χ3v) is 4.79. The van der Waals surface area contributed by atoms with E-state index < -0.39 is 11.8 Å². The lowest BCUT2D eigenvalue weighted by molar-refractivity contribution is -0.139. The van der Waals surface area contributed by atoms with E-state index in [4.69, 9.17) is 0 Å². The lowest BCUT2D eigenvalue weighted by atomic mass is 10.1. The maximum absolute atomic E-state index is 11.9. The summed E-state index contributed by atoms with van der Waals surface area (Å²) in [6.45, 7) is 0.778. The van der Waals surface area contributed by atoms with Gasteiger partial charge in [-0.2, -0.15) is 11.3 Å². The minimum Gasteiger partial charge on any atom is -0.346 e. The van der Waals surface area contributed by atoms with E-state index in [1.807, 2.05) is 53.3 Å². The van der Waals surface area contributed by atoms with E-state index in [9.17, 15) is 9.59 Å². The highest BCUT2D eigenvalue weighted by molar-refractivity contribution is 7.09. The molecule has 0 bridgehead atoms. The van der Waals surface area contributed by atoms with Crippen molar-refractivity contribution in [1.29, 1.82) is 0 Å². The van der Waals surface area contributed by atoms with Gasteiger partial charge in [-0.05, 0) is 47.9 Å². The molecule has 2 amide bonds. The molecule has 2 heterocycles. The third kappa shape index (κ3) is 4.66. The second-order valence-corrected chi connectivity index (χ2v) is 6.82. The van der Waals surface area contributed by atoms with Crippen LogP contribution in [0.25, 0.3) is 0 Å². The predicted molar refractivity (Wildman–Crippen MR) is 89.9 cm³/mol. The van der Waals surface area contributed by atoms with Gasteiger partial charge in [-0.3, -0.25) is 9.59 Å². The number of thiophene rings is 2. The van der Waals surface area contributed by atoms with Crippen LogP contribution in [0.15, 0.2) is 34.3 Å². The van der Waals surface area contributed by atoms with Gasteiger partial charge < -0.3 is 15.5 Å². The smallest absolute Gasteiger partial charge is 0.309 e. The van der Waals surface area contributed by atoms with Gasteiger partial charge in [0.1, 0.15) is 0 Å². The maximum atomic E-state index is 11.9. The minimum atomic E-state index is -0.601. The average Bonchev–Trinajstić information content (AvgIpc) is 3.17. The quantitative estimate of drug-likeness (QED) is 0.791. The molecule has 0 aliphatic heterocycles. The summed E-state index contributed by atoms with van der Waals surface area (Å²) in [6, 6.07) is 5.91. The number of likely N-dealkylation sites (N-methyl/N-ethyl adjacent to an activating group) is 1. The van der Waals surface area contributed by atoms with Crippen LogP contribution in [0, 0.1) is 0 Å². The van der Waals surface area contributed by atoms with Gasteiger partial charge in [0.05, 0.1) is 12.6 Å². The van der Waals surface area contributed by atoms with Gasteiger partial charge >= 0.3 is 11.8 Å². The molecule has 0 saturated heterocycles. The van der Waals surface area contributed by atoms with Crippen LogP contribution in [0.2, 0.25) is 0 Å². The highest BCUT2D eigenvalue weighted by Crippen LogP contribution is 2.19. The molecule has 0 radical (unpaired) electrons. The van der Waals surface area contributed by atoms with Crippen LogP contribution in [0.5, 0.6) is 0 Å². The lowest BCUT2D eigenvalue weighted by Gasteiger charge is -2.23. The van der Waals surface area contributed by atoms with Crippen LogP contribution in [0.1, 0.15) is 16.5 Å². The van der Waals surface area contributed by atoms with E-state index in [-0.39, 0.29) is 6.04 Å². The third-order valence-electron chi connectivity index (χ3n) is 3.22. The Balaban J connectivity index is 1.81. The lowest BCUT2D eigenvalue weighted by Crippen LogP contribution is -2.42. The minimum absolute atomic E-state index is 0.0558. The van der Waals surface area contributed by atoms with Crippen LogP contribution in [0.4, 0.5) is 0 Å². The molecule has 2 aromatic heterocycles. The van der Waals surface area contributed by atoms with Crippen LogP contribution in [0.3, 0.4) is 0 Å². The molecule has 0 fully saturated rings. The van der Waals surface area contributed by atoms with Crippen molar-refractivity contribution in [3.63, 3.8) is 0 Å². The fraction of sp³-hybridized carbons (Fsp3) is 0.333. The summed E-state index contributed by atoms with van der Waals surface area (Å²) < 4.78 is 0. The van der Waals surface area contributed by atoms with Crippen LogP contribution < -0.4 is 10.6 Å². The normalized spacial score (nSPS) is 12.1. The molecular formula is C15H19N3O2S2. The van der Waals surface area contributed by atoms with Crippen LogP contribution >= 0.6 is 22.7 Å². The Morgan fingerprint density at radius 3 is 2.55 bits per heavy atom. The molecule has 7 heteroatoms. The number of carbonyl (C=O) groups excluding carboxylic acids is 2. The Kier molecular flexibility index (Phi) is 6.11. The molecule has 0 aliphatic carbocycles. The first-order valence-corrected chi connectivity index (χ1v) is 8.67. The summed E-state index contributed by atoms with van der Waals surface area (Å²) in [5.41, 5.74) is 1.13. The first-order valence-electron chi connectivity index (χ1n) is 6.85. The largest absolute Gasteiger partial charge is 0.346 e. The van der Waals surface area contributed by atoms with Gasteiger partial charge in [-0.25, -0.2) is 0 Å². The van der Waals surface area contributed by atoms with Crippen molar-refractivity contribution < 1.29 is 9.59 Å². The summed E-state index contributed by atoms with van der Waals surface area (Å²) >= 11 is 3.16. The molecule has 118 valence electrons. The fourth-order valence-electron chi connectivity index (χ4n) is 1.99. The van der Waals surface area contributed by atoms with Crippen molar-refractivity contribution in [1.82, 2.24) is 15.5 Å². The summed E-state index contributed by atoms with van der Waals surface area (Å²) in [5.74, 6) is -1.20. The number of carbonyl (C=O) groups is 2. The van der Waals surface area contributed by atoms with Crippen molar-refractivity contribution in [2.24, 2.45) is 0 Å². The number of nitrogens with one attached hydrogen (secondary N) is 2. The Hall–Kier alpha value is -1.70. The zero-order valence-electron chi connectivity index (χ0n) is 12.5. The standard InChI is InChI=1S/C15H19N3O2S2/c1-18(2)13(11-5-7-21-10-11)9-17-15(20)14(19)16-8-12-4-3-6-22-12/h3-7,10,13H,8-9H2,1-2H3,(H,16,19)(H,17,20). The van der Waals surface area contributed by atoms with Crippen molar-refractivity contribution in [3.05, 3.63) is 44.8 Å². The zero-order valence-corrected chi connectivity index (χ0v) is 14.2. The Labute approximate surface area is 138 Å². The number of hydrogen-bond acceptors (Lipinski definition) is 5. The molecule has 1 unspecified atom stereocenters. The average molecular weight is 337 g/mol. The highest BCUT2D eigenvalue weighted by atomic mass is 32.1. The van der Waals surface area contributed by atoms with Crippen LogP contribution in [-0.2, 0) is 16.1 Å². The summed E-state index contributed by atoms with van der Waals surface area (Å²) in [7, 11) is 3.90. The van der Waals surface area contributed by atoms with Crippen molar-refractivity contribution in [3.8, 4) is 0 Å². The van der Waals surface area contributed by atoms with Crippen LogP contribution in [-0.4, -0.2) is 37.4 Å². The van der Waals surface area contributed by atoms with Gasteiger partial charge in [0, 0.05) is 11.4 Å². The van der Waals surface area contributed by atoms with E-state index in [1.54, 1.807) is 22.7 Å². The molecule has 0 aliphatic rings.